The van der Waals surface area contributed by atoms with Gasteiger partial charge in [-0.1, -0.05) is 12.1 Å². The molecule has 0 saturated carbocycles. The van der Waals surface area contributed by atoms with Crippen LogP contribution in [0, 0.1) is 0 Å². The lowest BCUT2D eigenvalue weighted by molar-refractivity contribution is -0.125. The molecular formula is C15H24N2O3. The van der Waals surface area contributed by atoms with Gasteiger partial charge < -0.3 is 15.2 Å². The summed E-state index contributed by atoms with van der Waals surface area (Å²) in [4.78, 5) is 13.7. The molecule has 0 spiro atoms. The summed E-state index contributed by atoms with van der Waals surface area (Å²) in [6, 6.07) is 7.57. The molecule has 1 unspecified atom stereocenters. The van der Waals surface area contributed by atoms with Gasteiger partial charge in [0.1, 0.15) is 5.75 Å². The fraction of sp³-hybridized carbons (Fsp3) is 0.533. The molecule has 0 aliphatic heterocycles. The highest BCUT2D eigenvalue weighted by Gasteiger charge is 2.16. The second-order valence-corrected chi connectivity index (χ2v) is 4.77. The Morgan fingerprint density at radius 2 is 2.05 bits per heavy atom. The second kappa shape index (κ2) is 8.55. The van der Waals surface area contributed by atoms with Crippen LogP contribution in [0.4, 0.5) is 0 Å². The number of nitrogens with one attached hydrogen (secondary N) is 1. The topological polar surface area (TPSA) is 61.8 Å². The quantitative estimate of drug-likeness (QED) is 0.734. The van der Waals surface area contributed by atoms with Gasteiger partial charge in [-0.3, -0.25) is 9.69 Å². The molecule has 0 aliphatic carbocycles. The van der Waals surface area contributed by atoms with Gasteiger partial charge in [-0.25, -0.2) is 0 Å². The van der Waals surface area contributed by atoms with Crippen LogP contribution in [0.5, 0.6) is 5.75 Å². The molecule has 5 heteroatoms. The fourth-order valence-electron chi connectivity index (χ4n) is 1.82. The Morgan fingerprint density at radius 1 is 1.40 bits per heavy atom. The predicted octanol–water partition coefficient (Wildman–Crippen LogP) is 0.667. The van der Waals surface area contributed by atoms with E-state index in [0.717, 1.165) is 17.7 Å². The largest absolute Gasteiger partial charge is 0.497 e. The number of ether oxygens (including phenoxy) is 1. The highest BCUT2D eigenvalue weighted by Crippen LogP contribution is 2.11. The average Bonchev–Trinajstić information content (AvgIpc) is 2.47. The first-order chi connectivity index (χ1) is 9.58. The Hall–Kier alpha value is -1.59. The van der Waals surface area contributed by atoms with Gasteiger partial charge in [-0.2, -0.15) is 0 Å². The average molecular weight is 280 g/mol. The molecular weight excluding hydrogens is 256 g/mol. The first-order valence-electron chi connectivity index (χ1n) is 6.80. The van der Waals surface area contributed by atoms with E-state index in [1.54, 1.807) is 7.11 Å². The van der Waals surface area contributed by atoms with E-state index in [9.17, 15) is 4.79 Å². The molecule has 0 aliphatic rings. The first-order valence-corrected chi connectivity index (χ1v) is 6.80. The third kappa shape index (κ3) is 5.19. The van der Waals surface area contributed by atoms with Gasteiger partial charge in [0.05, 0.1) is 19.8 Å². The van der Waals surface area contributed by atoms with Gasteiger partial charge in [0.25, 0.3) is 0 Å². The number of methoxy groups -OCH3 is 1. The second-order valence-electron chi connectivity index (χ2n) is 4.77. The van der Waals surface area contributed by atoms with E-state index in [1.165, 1.54) is 0 Å². The van der Waals surface area contributed by atoms with E-state index in [1.807, 2.05) is 43.1 Å². The van der Waals surface area contributed by atoms with E-state index in [4.69, 9.17) is 9.84 Å². The van der Waals surface area contributed by atoms with Crippen LogP contribution in [-0.4, -0.2) is 55.8 Å². The zero-order valence-electron chi connectivity index (χ0n) is 12.4. The summed E-state index contributed by atoms with van der Waals surface area (Å²) >= 11 is 0. The third-order valence-electron chi connectivity index (χ3n) is 3.37. The van der Waals surface area contributed by atoms with Crippen LogP contribution < -0.4 is 10.1 Å². The zero-order chi connectivity index (χ0) is 15.0. The number of carbonyl (C=O) groups excluding carboxylic acids is 1. The summed E-state index contributed by atoms with van der Waals surface area (Å²) in [5, 5.41) is 11.8. The molecule has 0 radical (unpaired) electrons. The Kier molecular flexibility index (Phi) is 7.04. The maximum atomic E-state index is 11.9. The van der Waals surface area contributed by atoms with Gasteiger partial charge in [-0.15, -0.1) is 0 Å². The van der Waals surface area contributed by atoms with E-state index in [0.29, 0.717) is 13.1 Å². The summed E-state index contributed by atoms with van der Waals surface area (Å²) in [7, 11) is 3.46. The summed E-state index contributed by atoms with van der Waals surface area (Å²) in [5.74, 6) is 0.812. The molecule has 1 rings (SSSR count). The molecule has 0 bridgehead atoms. The first kappa shape index (κ1) is 16.5. The van der Waals surface area contributed by atoms with Crippen molar-refractivity contribution < 1.29 is 14.6 Å². The molecule has 1 atom stereocenters. The molecule has 20 heavy (non-hydrogen) atoms. The van der Waals surface area contributed by atoms with Gasteiger partial charge in [-0.05, 0) is 38.1 Å². The van der Waals surface area contributed by atoms with Crippen molar-refractivity contribution in [3.05, 3.63) is 29.8 Å². The monoisotopic (exact) mass is 280 g/mol. The van der Waals surface area contributed by atoms with E-state index in [-0.39, 0.29) is 18.6 Å². The lowest BCUT2D eigenvalue weighted by Crippen LogP contribution is -2.44. The van der Waals surface area contributed by atoms with Gasteiger partial charge >= 0.3 is 0 Å². The Labute approximate surface area is 120 Å². The maximum Gasteiger partial charge on any atom is 0.237 e. The molecule has 2 N–H and O–H groups in total. The molecule has 0 fully saturated rings. The number of amides is 1. The summed E-state index contributed by atoms with van der Waals surface area (Å²) in [6.45, 7) is 2.98. The number of likely N-dealkylation sites (N-methyl/N-ethyl adjacent to an activating group) is 1. The zero-order valence-corrected chi connectivity index (χ0v) is 12.4. The highest BCUT2D eigenvalue weighted by molar-refractivity contribution is 5.81. The van der Waals surface area contributed by atoms with Gasteiger partial charge in [0.2, 0.25) is 5.91 Å². The van der Waals surface area contributed by atoms with Crippen LogP contribution >= 0.6 is 0 Å². The highest BCUT2D eigenvalue weighted by atomic mass is 16.5. The lowest BCUT2D eigenvalue weighted by atomic mass is 10.1. The number of hydrogen-bond donors (Lipinski definition) is 2. The van der Waals surface area contributed by atoms with E-state index < -0.39 is 0 Å². The lowest BCUT2D eigenvalue weighted by Gasteiger charge is -2.22. The number of aliphatic hydroxyl groups excluding tert-OH is 1. The Balaban J connectivity index is 2.33. The maximum absolute atomic E-state index is 11.9. The normalized spacial score (nSPS) is 12.2. The van der Waals surface area contributed by atoms with Crippen LogP contribution in [-0.2, 0) is 11.2 Å². The van der Waals surface area contributed by atoms with Crippen LogP contribution in [0.15, 0.2) is 24.3 Å². The minimum Gasteiger partial charge on any atom is -0.497 e. The van der Waals surface area contributed by atoms with Crippen molar-refractivity contribution in [3.8, 4) is 5.75 Å². The standard InChI is InChI=1S/C15H24N2O3/c1-12(17(2)10-11-18)15(19)16-9-8-13-4-6-14(20-3)7-5-13/h4-7,12,18H,8-11H2,1-3H3,(H,16,19). The van der Waals surface area contributed by atoms with Crippen molar-refractivity contribution in [2.24, 2.45) is 0 Å². The van der Waals surface area contributed by atoms with Crippen molar-refractivity contribution >= 4 is 5.91 Å². The molecule has 112 valence electrons. The third-order valence-corrected chi connectivity index (χ3v) is 3.37. The minimum atomic E-state index is -0.238. The van der Waals surface area contributed by atoms with Crippen molar-refractivity contribution in [1.29, 1.82) is 0 Å². The molecule has 1 amide bonds. The van der Waals surface area contributed by atoms with E-state index >= 15 is 0 Å². The number of benzene rings is 1. The Morgan fingerprint density at radius 3 is 2.60 bits per heavy atom. The summed E-state index contributed by atoms with van der Waals surface area (Å²) in [6.07, 6.45) is 0.784. The van der Waals surface area contributed by atoms with Crippen molar-refractivity contribution in [2.45, 2.75) is 19.4 Å². The van der Waals surface area contributed by atoms with Crippen molar-refractivity contribution in [3.63, 3.8) is 0 Å². The summed E-state index contributed by atoms with van der Waals surface area (Å²) < 4.78 is 5.10. The van der Waals surface area contributed by atoms with Gasteiger partial charge in [0, 0.05) is 13.1 Å². The van der Waals surface area contributed by atoms with Crippen molar-refractivity contribution in [2.75, 3.05) is 33.9 Å². The molecule has 0 aromatic heterocycles. The van der Waals surface area contributed by atoms with Crippen LogP contribution in [0.3, 0.4) is 0 Å². The molecule has 0 saturated heterocycles. The molecule has 1 aromatic carbocycles. The van der Waals surface area contributed by atoms with Crippen LogP contribution in [0.2, 0.25) is 0 Å². The van der Waals surface area contributed by atoms with Crippen LogP contribution in [0.25, 0.3) is 0 Å². The minimum absolute atomic E-state index is 0.0190. The molecule has 1 aromatic rings. The smallest absolute Gasteiger partial charge is 0.237 e. The number of hydrogen-bond acceptors (Lipinski definition) is 4. The number of aliphatic hydroxyl groups is 1. The van der Waals surface area contributed by atoms with Crippen LogP contribution in [0.1, 0.15) is 12.5 Å². The fourth-order valence-corrected chi connectivity index (χ4v) is 1.82. The number of carbonyl (C=O) groups is 1. The SMILES string of the molecule is COc1ccc(CCNC(=O)C(C)N(C)CCO)cc1. The predicted molar refractivity (Wildman–Crippen MR) is 78.9 cm³/mol. The van der Waals surface area contributed by atoms with Crippen molar-refractivity contribution in [1.82, 2.24) is 10.2 Å². The number of nitrogens with zero attached hydrogens (tertiary/aromatic N) is 1. The Bertz CT molecular complexity index is 406. The van der Waals surface area contributed by atoms with Gasteiger partial charge in [0.15, 0.2) is 0 Å². The molecule has 0 heterocycles. The molecule has 5 nitrogen and oxygen atoms in total. The summed E-state index contributed by atoms with van der Waals surface area (Å²) in [5.41, 5.74) is 1.16. The number of rotatable bonds is 8. The van der Waals surface area contributed by atoms with E-state index in [2.05, 4.69) is 5.32 Å².